The van der Waals surface area contributed by atoms with Crippen LogP contribution in [0.25, 0.3) is 0 Å². The summed E-state index contributed by atoms with van der Waals surface area (Å²) < 4.78 is 5.15. The van der Waals surface area contributed by atoms with Gasteiger partial charge in [0.2, 0.25) is 5.91 Å². The number of likely N-dealkylation sites (tertiary alicyclic amines) is 1. The molecule has 24 heavy (non-hydrogen) atoms. The third-order valence-electron chi connectivity index (χ3n) is 4.21. The maximum absolute atomic E-state index is 12.0. The highest BCUT2D eigenvalue weighted by Crippen LogP contribution is 2.14. The van der Waals surface area contributed by atoms with Gasteiger partial charge in [-0.3, -0.25) is 9.69 Å². The Bertz CT molecular complexity index is 450. The number of carbonyl (C=O) groups is 1. The first kappa shape index (κ1) is 23.1. The van der Waals surface area contributed by atoms with Crippen molar-refractivity contribution in [2.24, 2.45) is 5.73 Å². The molecule has 1 aromatic carbocycles. The van der Waals surface area contributed by atoms with Crippen LogP contribution >= 0.6 is 24.8 Å². The molecular formula is C17H29Cl2N3O2. The molecule has 1 atom stereocenters. The van der Waals surface area contributed by atoms with Gasteiger partial charge in [0.25, 0.3) is 0 Å². The molecule has 0 spiro atoms. The quantitative estimate of drug-likeness (QED) is 0.762. The Balaban J connectivity index is 0.00000264. The molecular weight excluding hydrogens is 349 g/mol. The molecule has 1 heterocycles. The Morgan fingerprint density at radius 2 is 1.92 bits per heavy atom. The molecule has 7 heteroatoms. The zero-order chi connectivity index (χ0) is 15.8. The van der Waals surface area contributed by atoms with Crippen LogP contribution in [0.1, 0.15) is 24.8 Å². The van der Waals surface area contributed by atoms with Crippen molar-refractivity contribution >= 4 is 30.7 Å². The summed E-state index contributed by atoms with van der Waals surface area (Å²) in [5, 5.41) is 3.10. The molecule has 1 aromatic rings. The predicted molar refractivity (Wildman–Crippen MR) is 102 cm³/mol. The Labute approximate surface area is 157 Å². The van der Waals surface area contributed by atoms with Crippen molar-refractivity contribution in [3.63, 3.8) is 0 Å². The number of amides is 1. The van der Waals surface area contributed by atoms with Crippen LogP contribution in [0.3, 0.4) is 0 Å². The summed E-state index contributed by atoms with van der Waals surface area (Å²) in [6, 6.07) is 10.8. The molecule has 1 aliphatic rings. The van der Waals surface area contributed by atoms with E-state index in [1.165, 1.54) is 5.56 Å². The summed E-state index contributed by atoms with van der Waals surface area (Å²) in [4.78, 5) is 14.4. The smallest absolute Gasteiger partial charge is 0.222 e. The highest BCUT2D eigenvalue weighted by molar-refractivity contribution is 5.85. The minimum absolute atomic E-state index is 0. The van der Waals surface area contributed by atoms with E-state index in [2.05, 4.69) is 34.5 Å². The lowest BCUT2D eigenvalue weighted by atomic mass is 10.0. The van der Waals surface area contributed by atoms with Gasteiger partial charge < -0.3 is 15.8 Å². The highest BCUT2D eigenvalue weighted by atomic mass is 35.5. The Hall–Kier alpha value is -0.850. The summed E-state index contributed by atoms with van der Waals surface area (Å²) >= 11 is 0. The van der Waals surface area contributed by atoms with Crippen LogP contribution in [0.4, 0.5) is 0 Å². The van der Waals surface area contributed by atoms with E-state index in [-0.39, 0.29) is 42.9 Å². The van der Waals surface area contributed by atoms with Crippen LogP contribution in [0.15, 0.2) is 30.3 Å². The van der Waals surface area contributed by atoms with Gasteiger partial charge >= 0.3 is 0 Å². The monoisotopic (exact) mass is 377 g/mol. The predicted octanol–water partition coefficient (Wildman–Crippen LogP) is 1.97. The SMILES string of the molecule is COC(CN)CC(=O)NC1CCN(Cc2ccccc2)CC1.Cl.Cl. The molecule has 0 radical (unpaired) electrons. The van der Waals surface area contributed by atoms with E-state index < -0.39 is 0 Å². The van der Waals surface area contributed by atoms with Crippen molar-refractivity contribution in [1.82, 2.24) is 10.2 Å². The lowest BCUT2D eigenvalue weighted by molar-refractivity contribution is -0.124. The van der Waals surface area contributed by atoms with Crippen molar-refractivity contribution in [2.45, 2.75) is 38.0 Å². The fourth-order valence-electron chi connectivity index (χ4n) is 2.83. The van der Waals surface area contributed by atoms with Crippen LogP contribution in [-0.4, -0.2) is 49.7 Å². The number of benzene rings is 1. The van der Waals surface area contributed by atoms with Crippen LogP contribution in [0, 0.1) is 0 Å². The molecule has 1 saturated heterocycles. The second-order valence-corrected chi connectivity index (χ2v) is 5.90. The molecule has 1 amide bonds. The Morgan fingerprint density at radius 3 is 2.46 bits per heavy atom. The standard InChI is InChI=1S/C17H27N3O2.2ClH/c1-22-16(12-18)11-17(21)19-15-7-9-20(10-8-15)13-14-5-3-2-4-6-14;;/h2-6,15-16H,7-13,18H2,1H3,(H,19,21);2*1H. The Kier molecular flexibility index (Phi) is 12.1. The van der Waals surface area contributed by atoms with Gasteiger partial charge in [-0.25, -0.2) is 0 Å². The average molecular weight is 378 g/mol. The molecule has 0 aromatic heterocycles. The molecule has 2 rings (SSSR count). The molecule has 0 aliphatic carbocycles. The summed E-state index contributed by atoms with van der Waals surface area (Å²) in [6.07, 6.45) is 2.16. The zero-order valence-corrected chi connectivity index (χ0v) is 15.8. The van der Waals surface area contributed by atoms with Gasteiger partial charge in [0.05, 0.1) is 12.5 Å². The number of methoxy groups -OCH3 is 1. The van der Waals surface area contributed by atoms with E-state index in [1.54, 1.807) is 7.11 Å². The van der Waals surface area contributed by atoms with E-state index in [4.69, 9.17) is 10.5 Å². The topological polar surface area (TPSA) is 67.6 Å². The van der Waals surface area contributed by atoms with Gasteiger partial charge in [-0.2, -0.15) is 0 Å². The van der Waals surface area contributed by atoms with E-state index >= 15 is 0 Å². The fraction of sp³-hybridized carbons (Fsp3) is 0.588. The van der Waals surface area contributed by atoms with E-state index in [0.29, 0.717) is 13.0 Å². The minimum atomic E-state index is -0.182. The number of rotatable bonds is 7. The first-order chi connectivity index (χ1) is 10.7. The molecule has 1 fully saturated rings. The molecule has 3 N–H and O–H groups in total. The first-order valence-corrected chi connectivity index (χ1v) is 7.99. The third kappa shape index (κ3) is 7.81. The van der Waals surface area contributed by atoms with Gasteiger partial charge in [-0.1, -0.05) is 30.3 Å². The van der Waals surface area contributed by atoms with Crippen LogP contribution in [-0.2, 0) is 16.1 Å². The van der Waals surface area contributed by atoms with Gasteiger partial charge in [0.15, 0.2) is 0 Å². The lowest BCUT2D eigenvalue weighted by Gasteiger charge is -2.32. The third-order valence-corrected chi connectivity index (χ3v) is 4.21. The number of nitrogens with zero attached hydrogens (tertiary/aromatic N) is 1. The van der Waals surface area contributed by atoms with Crippen molar-refractivity contribution in [3.05, 3.63) is 35.9 Å². The molecule has 138 valence electrons. The summed E-state index contributed by atoms with van der Waals surface area (Å²) in [5.74, 6) is 0.0406. The van der Waals surface area contributed by atoms with Crippen molar-refractivity contribution in [2.75, 3.05) is 26.7 Å². The number of halogens is 2. The number of carbonyl (C=O) groups excluding carboxylic acids is 1. The maximum Gasteiger partial charge on any atom is 0.222 e. The second-order valence-electron chi connectivity index (χ2n) is 5.90. The molecule has 0 bridgehead atoms. The summed E-state index contributed by atoms with van der Waals surface area (Å²) in [5.41, 5.74) is 6.89. The normalized spacial score (nSPS) is 16.6. The van der Waals surface area contributed by atoms with Crippen LogP contribution < -0.4 is 11.1 Å². The number of piperidine rings is 1. The lowest BCUT2D eigenvalue weighted by Crippen LogP contribution is -2.45. The molecule has 1 unspecified atom stereocenters. The van der Waals surface area contributed by atoms with E-state index in [0.717, 1.165) is 32.5 Å². The van der Waals surface area contributed by atoms with E-state index in [1.807, 2.05) is 6.07 Å². The number of hydrogen-bond donors (Lipinski definition) is 2. The van der Waals surface area contributed by atoms with Crippen LogP contribution in [0.2, 0.25) is 0 Å². The van der Waals surface area contributed by atoms with Gasteiger partial charge in [0, 0.05) is 39.3 Å². The minimum Gasteiger partial charge on any atom is -0.380 e. The average Bonchev–Trinajstić information content (AvgIpc) is 2.55. The van der Waals surface area contributed by atoms with Crippen molar-refractivity contribution < 1.29 is 9.53 Å². The molecule has 5 nitrogen and oxygen atoms in total. The largest absolute Gasteiger partial charge is 0.380 e. The summed E-state index contributed by atoms with van der Waals surface area (Å²) in [7, 11) is 1.59. The van der Waals surface area contributed by atoms with Crippen molar-refractivity contribution in [1.29, 1.82) is 0 Å². The summed E-state index contributed by atoms with van der Waals surface area (Å²) in [6.45, 7) is 3.40. The highest BCUT2D eigenvalue weighted by Gasteiger charge is 2.21. The van der Waals surface area contributed by atoms with Gasteiger partial charge in [0.1, 0.15) is 0 Å². The van der Waals surface area contributed by atoms with Crippen LogP contribution in [0.5, 0.6) is 0 Å². The fourth-order valence-corrected chi connectivity index (χ4v) is 2.83. The molecule has 0 saturated carbocycles. The van der Waals surface area contributed by atoms with Crippen molar-refractivity contribution in [3.8, 4) is 0 Å². The number of nitrogens with one attached hydrogen (secondary N) is 1. The Morgan fingerprint density at radius 1 is 1.29 bits per heavy atom. The number of hydrogen-bond acceptors (Lipinski definition) is 4. The first-order valence-electron chi connectivity index (χ1n) is 7.99. The molecule has 1 aliphatic heterocycles. The number of nitrogens with two attached hydrogens (primary N) is 1. The maximum atomic E-state index is 12.0. The zero-order valence-electron chi connectivity index (χ0n) is 14.1. The number of ether oxygens (including phenoxy) is 1. The second kappa shape index (κ2) is 12.5. The van der Waals surface area contributed by atoms with Gasteiger partial charge in [-0.05, 0) is 18.4 Å². The van der Waals surface area contributed by atoms with Gasteiger partial charge in [-0.15, -0.1) is 24.8 Å². The van der Waals surface area contributed by atoms with E-state index in [9.17, 15) is 4.79 Å².